The Hall–Kier alpha value is -1.69. The van der Waals surface area contributed by atoms with Crippen LogP contribution in [0.2, 0.25) is 5.02 Å². The molecule has 0 atom stereocenters. The maximum absolute atomic E-state index is 12.8. The van der Waals surface area contributed by atoms with E-state index in [4.69, 9.17) is 11.6 Å². The Balaban J connectivity index is 2.17. The lowest BCUT2D eigenvalue weighted by molar-refractivity contribution is -0.137. The van der Waals surface area contributed by atoms with Crippen LogP contribution in [-0.4, -0.2) is 9.78 Å². The fraction of sp³-hybridized carbons (Fsp3) is 0.357. The molecule has 0 saturated carbocycles. The third kappa shape index (κ3) is 3.69. The van der Waals surface area contributed by atoms with Crippen molar-refractivity contribution >= 4 is 17.3 Å². The van der Waals surface area contributed by atoms with Crippen molar-refractivity contribution in [2.24, 2.45) is 7.05 Å². The molecule has 1 aromatic carbocycles. The van der Waals surface area contributed by atoms with Crippen molar-refractivity contribution in [3.8, 4) is 0 Å². The average molecular weight is 318 g/mol. The molecule has 1 N–H and O–H groups in total. The molecule has 0 amide bonds. The van der Waals surface area contributed by atoms with Crippen molar-refractivity contribution in [2.75, 3.05) is 5.32 Å². The zero-order chi connectivity index (χ0) is 15.6. The number of halogens is 4. The van der Waals surface area contributed by atoms with Gasteiger partial charge < -0.3 is 5.32 Å². The van der Waals surface area contributed by atoms with Crippen LogP contribution in [-0.2, 0) is 26.2 Å². The van der Waals surface area contributed by atoms with Crippen molar-refractivity contribution in [2.45, 2.75) is 26.1 Å². The Morgan fingerprint density at radius 1 is 1.33 bits per heavy atom. The van der Waals surface area contributed by atoms with Gasteiger partial charge in [0, 0.05) is 31.0 Å². The molecular formula is C14H15ClF3N3. The molecule has 2 rings (SSSR count). The summed E-state index contributed by atoms with van der Waals surface area (Å²) in [6.45, 7) is 2.39. The van der Waals surface area contributed by atoms with Gasteiger partial charge in [-0.05, 0) is 24.6 Å². The molecule has 1 heterocycles. The lowest BCUT2D eigenvalue weighted by atomic mass is 10.1. The van der Waals surface area contributed by atoms with E-state index in [0.717, 1.165) is 23.7 Å². The van der Waals surface area contributed by atoms with Crippen LogP contribution in [0, 0.1) is 0 Å². The number of hydrogen-bond donors (Lipinski definition) is 1. The summed E-state index contributed by atoms with van der Waals surface area (Å²) in [5.74, 6) is 0. The van der Waals surface area contributed by atoms with Crippen molar-refractivity contribution in [3.63, 3.8) is 0 Å². The summed E-state index contributed by atoms with van der Waals surface area (Å²) >= 11 is 5.59. The number of alkyl halides is 3. The molecule has 0 bridgehead atoms. The van der Waals surface area contributed by atoms with E-state index >= 15 is 0 Å². The van der Waals surface area contributed by atoms with Crippen LogP contribution < -0.4 is 5.32 Å². The summed E-state index contributed by atoms with van der Waals surface area (Å²) in [5.41, 5.74) is 1.42. The third-order valence-electron chi connectivity index (χ3n) is 3.08. The Kier molecular flexibility index (Phi) is 4.46. The van der Waals surface area contributed by atoms with E-state index in [1.165, 1.54) is 12.1 Å². The van der Waals surface area contributed by atoms with E-state index in [2.05, 4.69) is 10.4 Å². The van der Waals surface area contributed by atoms with Gasteiger partial charge in [-0.1, -0.05) is 18.5 Å². The minimum Gasteiger partial charge on any atom is -0.381 e. The zero-order valence-corrected chi connectivity index (χ0v) is 12.4. The molecule has 0 fully saturated rings. The lowest BCUT2D eigenvalue weighted by Gasteiger charge is -2.12. The number of benzene rings is 1. The zero-order valence-electron chi connectivity index (χ0n) is 11.6. The second kappa shape index (κ2) is 5.97. The van der Waals surface area contributed by atoms with Crippen molar-refractivity contribution in [3.05, 3.63) is 46.2 Å². The quantitative estimate of drug-likeness (QED) is 0.912. The Morgan fingerprint density at radius 2 is 2.05 bits per heavy atom. The molecule has 2 aromatic rings. The monoisotopic (exact) mass is 317 g/mol. The summed E-state index contributed by atoms with van der Waals surface area (Å²) < 4.78 is 40.1. The molecule has 0 aliphatic rings. The molecule has 0 radical (unpaired) electrons. The van der Waals surface area contributed by atoms with E-state index in [-0.39, 0.29) is 5.02 Å². The van der Waals surface area contributed by atoms with Crippen LogP contribution in [0.1, 0.15) is 23.7 Å². The molecule has 0 spiro atoms. The van der Waals surface area contributed by atoms with Gasteiger partial charge in [-0.15, -0.1) is 0 Å². The highest BCUT2D eigenvalue weighted by Crippen LogP contribution is 2.36. The molecule has 0 unspecified atom stereocenters. The average Bonchev–Trinajstić information content (AvgIpc) is 2.77. The number of hydrogen-bond acceptors (Lipinski definition) is 2. The van der Waals surface area contributed by atoms with Gasteiger partial charge in [0.05, 0.1) is 16.3 Å². The first-order chi connectivity index (χ1) is 9.81. The summed E-state index contributed by atoms with van der Waals surface area (Å²) in [6, 6.07) is 3.79. The standard InChI is InChI=1S/C14H15ClF3N3/c1-3-13-9(8-21(2)20-13)7-19-10-4-5-12(15)11(6-10)14(16,17)18/h4-6,8,19H,3,7H2,1-2H3. The first-order valence-electron chi connectivity index (χ1n) is 6.43. The van der Waals surface area contributed by atoms with Gasteiger partial charge in [-0.2, -0.15) is 18.3 Å². The number of anilines is 1. The predicted octanol–water partition coefficient (Wildman–Crippen LogP) is 4.27. The van der Waals surface area contributed by atoms with Gasteiger partial charge in [0.1, 0.15) is 0 Å². The number of nitrogens with zero attached hydrogens (tertiary/aromatic N) is 2. The maximum Gasteiger partial charge on any atom is 0.417 e. The SMILES string of the molecule is CCc1nn(C)cc1CNc1ccc(Cl)c(C(F)(F)F)c1. The van der Waals surface area contributed by atoms with Crippen LogP contribution in [0.25, 0.3) is 0 Å². The van der Waals surface area contributed by atoms with E-state index < -0.39 is 11.7 Å². The molecule has 3 nitrogen and oxygen atoms in total. The van der Waals surface area contributed by atoms with Crippen molar-refractivity contribution in [1.29, 1.82) is 0 Å². The Labute approximate surface area is 125 Å². The second-order valence-electron chi connectivity index (χ2n) is 4.67. The highest BCUT2D eigenvalue weighted by atomic mass is 35.5. The van der Waals surface area contributed by atoms with E-state index in [1.807, 2.05) is 20.2 Å². The first-order valence-corrected chi connectivity index (χ1v) is 6.81. The Morgan fingerprint density at radius 3 is 2.67 bits per heavy atom. The van der Waals surface area contributed by atoms with Crippen LogP contribution in [0.15, 0.2) is 24.4 Å². The van der Waals surface area contributed by atoms with E-state index in [9.17, 15) is 13.2 Å². The predicted molar refractivity (Wildman–Crippen MR) is 76.4 cm³/mol. The minimum atomic E-state index is -4.46. The molecule has 0 saturated heterocycles. The molecule has 0 aliphatic heterocycles. The first kappa shape index (κ1) is 15.7. The van der Waals surface area contributed by atoms with Crippen molar-refractivity contribution < 1.29 is 13.2 Å². The van der Waals surface area contributed by atoms with Crippen LogP contribution in [0.5, 0.6) is 0 Å². The summed E-state index contributed by atoms with van der Waals surface area (Å²) in [5, 5.41) is 6.96. The van der Waals surface area contributed by atoms with Gasteiger partial charge in [0.15, 0.2) is 0 Å². The normalized spacial score (nSPS) is 11.7. The van der Waals surface area contributed by atoms with Crippen LogP contribution in [0.3, 0.4) is 0 Å². The van der Waals surface area contributed by atoms with Crippen molar-refractivity contribution in [1.82, 2.24) is 9.78 Å². The van der Waals surface area contributed by atoms with Gasteiger partial charge in [0.2, 0.25) is 0 Å². The van der Waals surface area contributed by atoms with E-state index in [1.54, 1.807) is 4.68 Å². The maximum atomic E-state index is 12.8. The number of aryl methyl sites for hydroxylation is 2. The third-order valence-corrected chi connectivity index (χ3v) is 3.41. The fourth-order valence-corrected chi connectivity index (χ4v) is 2.30. The van der Waals surface area contributed by atoms with Gasteiger partial charge in [0.25, 0.3) is 0 Å². The topological polar surface area (TPSA) is 29.9 Å². The largest absolute Gasteiger partial charge is 0.417 e. The molecule has 114 valence electrons. The molecule has 7 heteroatoms. The molecule has 21 heavy (non-hydrogen) atoms. The summed E-state index contributed by atoms with van der Waals surface area (Å²) in [7, 11) is 1.81. The van der Waals surface area contributed by atoms with Gasteiger partial charge in [-0.25, -0.2) is 0 Å². The number of rotatable bonds is 4. The Bertz CT molecular complexity index is 635. The van der Waals surface area contributed by atoms with E-state index in [0.29, 0.717) is 12.2 Å². The molecular weight excluding hydrogens is 303 g/mol. The second-order valence-corrected chi connectivity index (χ2v) is 5.08. The summed E-state index contributed by atoms with van der Waals surface area (Å²) in [6.07, 6.45) is -1.84. The number of nitrogens with one attached hydrogen (secondary N) is 1. The smallest absolute Gasteiger partial charge is 0.381 e. The highest BCUT2D eigenvalue weighted by molar-refractivity contribution is 6.31. The lowest BCUT2D eigenvalue weighted by Crippen LogP contribution is -2.08. The van der Waals surface area contributed by atoms with Crippen LogP contribution in [0.4, 0.5) is 18.9 Å². The molecule has 0 aliphatic carbocycles. The summed E-state index contributed by atoms with van der Waals surface area (Å²) in [4.78, 5) is 0. The van der Waals surface area contributed by atoms with Gasteiger partial charge >= 0.3 is 6.18 Å². The minimum absolute atomic E-state index is 0.302. The van der Waals surface area contributed by atoms with Crippen LogP contribution >= 0.6 is 11.6 Å². The highest BCUT2D eigenvalue weighted by Gasteiger charge is 2.33. The number of aromatic nitrogens is 2. The van der Waals surface area contributed by atoms with Gasteiger partial charge in [-0.3, -0.25) is 4.68 Å². The fourth-order valence-electron chi connectivity index (χ4n) is 2.08. The molecule has 1 aromatic heterocycles.